The molecule has 0 aliphatic carbocycles. The minimum Gasteiger partial charge on any atom is -0.398 e. The maximum absolute atomic E-state index is 11.4. The van der Waals surface area contributed by atoms with Gasteiger partial charge in [-0.2, -0.15) is 0 Å². The number of hydrogen-bond acceptors (Lipinski definition) is 3. The lowest BCUT2D eigenvalue weighted by Gasteiger charge is -2.18. The largest absolute Gasteiger partial charge is 0.398 e. The highest BCUT2D eigenvalue weighted by atomic mass is 16.1. The molecule has 0 saturated carbocycles. The molecular formula is C14H17N3O. The lowest BCUT2D eigenvalue weighted by molar-refractivity contribution is -0.121. The third-order valence-electron chi connectivity index (χ3n) is 2.95. The van der Waals surface area contributed by atoms with E-state index in [1.807, 2.05) is 36.4 Å². The number of amides is 1. The second kappa shape index (κ2) is 5.06. The van der Waals surface area contributed by atoms with Crippen LogP contribution in [0.3, 0.4) is 0 Å². The van der Waals surface area contributed by atoms with Crippen LogP contribution in [0.15, 0.2) is 36.4 Å². The molecule has 4 nitrogen and oxygen atoms in total. The standard InChI is InChI=1S/C14H17N3O/c1-2-12(18)17-14(16)13-10-6-4-3-5-9(10)7-8-11(13)15/h3-8,14H,2,15-16H2,1H3,(H,17,18). The average Bonchev–Trinajstić information content (AvgIpc) is 2.38. The van der Waals surface area contributed by atoms with Gasteiger partial charge in [0.25, 0.3) is 0 Å². The Hall–Kier alpha value is -2.07. The van der Waals surface area contributed by atoms with Gasteiger partial charge in [-0.05, 0) is 16.8 Å². The Bertz CT molecular complexity index is 580. The maximum Gasteiger partial charge on any atom is 0.221 e. The smallest absolute Gasteiger partial charge is 0.221 e. The molecule has 2 aromatic rings. The van der Waals surface area contributed by atoms with Crippen LogP contribution in [0, 0.1) is 0 Å². The summed E-state index contributed by atoms with van der Waals surface area (Å²) in [7, 11) is 0. The molecule has 94 valence electrons. The Morgan fingerprint density at radius 1 is 1.28 bits per heavy atom. The van der Waals surface area contributed by atoms with Gasteiger partial charge in [0, 0.05) is 17.7 Å². The highest BCUT2D eigenvalue weighted by Crippen LogP contribution is 2.27. The summed E-state index contributed by atoms with van der Waals surface area (Å²) in [6, 6.07) is 11.6. The van der Waals surface area contributed by atoms with Crippen LogP contribution in [0.2, 0.25) is 0 Å². The minimum atomic E-state index is -0.580. The second-order valence-electron chi connectivity index (χ2n) is 4.19. The van der Waals surface area contributed by atoms with Crippen molar-refractivity contribution < 1.29 is 4.79 Å². The van der Waals surface area contributed by atoms with Crippen molar-refractivity contribution in [3.05, 3.63) is 42.0 Å². The lowest BCUT2D eigenvalue weighted by atomic mass is 10.0. The minimum absolute atomic E-state index is 0.0881. The van der Waals surface area contributed by atoms with E-state index in [-0.39, 0.29) is 5.91 Å². The van der Waals surface area contributed by atoms with Gasteiger partial charge in [-0.25, -0.2) is 0 Å². The predicted octanol–water partition coefficient (Wildman–Crippen LogP) is 1.91. The van der Waals surface area contributed by atoms with Crippen molar-refractivity contribution in [3.8, 4) is 0 Å². The van der Waals surface area contributed by atoms with Gasteiger partial charge in [-0.3, -0.25) is 4.79 Å². The summed E-state index contributed by atoms with van der Waals surface area (Å²) in [5, 5.41) is 4.77. The third-order valence-corrected chi connectivity index (χ3v) is 2.95. The molecule has 0 aliphatic heterocycles. The number of carbonyl (C=O) groups excluding carboxylic acids is 1. The van der Waals surface area contributed by atoms with Crippen molar-refractivity contribution in [1.82, 2.24) is 5.32 Å². The van der Waals surface area contributed by atoms with Crippen LogP contribution in [0.4, 0.5) is 5.69 Å². The highest BCUT2D eigenvalue weighted by molar-refractivity contribution is 5.90. The molecule has 0 spiro atoms. The van der Waals surface area contributed by atoms with E-state index in [9.17, 15) is 4.79 Å². The third kappa shape index (κ3) is 2.28. The van der Waals surface area contributed by atoms with Crippen molar-refractivity contribution in [2.24, 2.45) is 5.73 Å². The van der Waals surface area contributed by atoms with Gasteiger partial charge in [-0.1, -0.05) is 37.3 Å². The van der Waals surface area contributed by atoms with E-state index >= 15 is 0 Å². The summed E-state index contributed by atoms with van der Waals surface area (Å²) in [5.41, 5.74) is 13.4. The molecule has 1 unspecified atom stereocenters. The van der Waals surface area contributed by atoms with Crippen LogP contribution in [0.25, 0.3) is 10.8 Å². The number of fused-ring (bicyclic) bond motifs is 1. The molecule has 2 rings (SSSR count). The Balaban J connectivity index is 2.48. The van der Waals surface area contributed by atoms with E-state index in [2.05, 4.69) is 5.32 Å². The number of anilines is 1. The molecule has 0 saturated heterocycles. The Kier molecular flexibility index (Phi) is 3.48. The first-order chi connectivity index (χ1) is 8.63. The van der Waals surface area contributed by atoms with Crippen LogP contribution in [0.5, 0.6) is 0 Å². The van der Waals surface area contributed by atoms with Crippen LogP contribution in [-0.4, -0.2) is 5.91 Å². The average molecular weight is 243 g/mol. The van der Waals surface area contributed by atoms with Crippen molar-refractivity contribution in [1.29, 1.82) is 0 Å². The zero-order valence-corrected chi connectivity index (χ0v) is 10.3. The molecule has 5 N–H and O–H groups in total. The van der Waals surface area contributed by atoms with Gasteiger partial charge < -0.3 is 16.8 Å². The molecule has 18 heavy (non-hydrogen) atoms. The van der Waals surface area contributed by atoms with Gasteiger partial charge in [0.15, 0.2) is 0 Å². The molecular weight excluding hydrogens is 226 g/mol. The highest BCUT2D eigenvalue weighted by Gasteiger charge is 2.14. The van der Waals surface area contributed by atoms with Gasteiger partial charge in [-0.15, -0.1) is 0 Å². The normalized spacial score (nSPS) is 12.3. The van der Waals surface area contributed by atoms with E-state index in [0.717, 1.165) is 16.3 Å². The first-order valence-electron chi connectivity index (χ1n) is 5.95. The Morgan fingerprint density at radius 2 is 2.00 bits per heavy atom. The van der Waals surface area contributed by atoms with Crippen LogP contribution in [-0.2, 0) is 4.79 Å². The molecule has 0 bridgehead atoms. The van der Waals surface area contributed by atoms with Gasteiger partial charge in [0.2, 0.25) is 5.91 Å². The summed E-state index contributed by atoms with van der Waals surface area (Å²) >= 11 is 0. The Labute approximate surface area is 106 Å². The van der Waals surface area contributed by atoms with E-state index in [1.54, 1.807) is 6.92 Å². The number of benzene rings is 2. The predicted molar refractivity (Wildman–Crippen MR) is 73.7 cm³/mol. The number of rotatable bonds is 3. The molecule has 1 atom stereocenters. The fourth-order valence-electron chi connectivity index (χ4n) is 2.01. The van der Waals surface area contributed by atoms with E-state index in [0.29, 0.717) is 12.1 Å². The van der Waals surface area contributed by atoms with E-state index in [4.69, 9.17) is 11.5 Å². The van der Waals surface area contributed by atoms with Crippen molar-refractivity contribution in [2.45, 2.75) is 19.5 Å². The lowest BCUT2D eigenvalue weighted by Crippen LogP contribution is -2.34. The van der Waals surface area contributed by atoms with Crippen LogP contribution in [0.1, 0.15) is 25.1 Å². The van der Waals surface area contributed by atoms with Crippen molar-refractivity contribution in [2.75, 3.05) is 5.73 Å². The summed E-state index contributed by atoms with van der Waals surface area (Å²) in [6.07, 6.45) is -0.179. The fourth-order valence-corrected chi connectivity index (χ4v) is 2.01. The summed E-state index contributed by atoms with van der Waals surface area (Å²) in [4.78, 5) is 11.4. The fraction of sp³-hybridized carbons (Fsp3) is 0.214. The van der Waals surface area contributed by atoms with Gasteiger partial charge in [0.1, 0.15) is 6.17 Å². The van der Waals surface area contributed by atoms with Gasteiger partial charge >= 0.3 is 0 Å². The number of carbonyl (C=O) groups is 1. The molecule has 0 aliphatic rings. The molecule has 0 aromatic heterocycles. The summed E-state index contributed by atoms with van der Waals surface area (Å²) in [6.45, 7) is 1.79. The first kappa shape index (κ1) is 12.4. The second-order valence-corrected chi connectivity index (χ2v) is 4.19. The monoisotopic (exact) mass is 243 g/mol. The summed E-state index contributed by atoms with van der Waals surface area (Å²) < 4.78 is 0. The number of nitrogens with two attached hydrogens (primary N) is 2. The van der Waals surface area contributed by atoms with Gasteiger partial charge in [0.05, 0.1) is 0 Å². The molecule has 2 aromatic carbocycles. The first-order valence-corrected chi connectivity index (χ1v) is 5.95. The zero-order chi connectivity index (χ0) is 13.1. The SMILES string of the molecule is CCC(=O)NC(N)c1c(N)ccc2ccccc12. The number of nitrogen functional groups attached to an aromatic ring is 1. The Morgan fingerprint density at radius 3 is 2.72 bits per heavy atom. The molecule has 1 amide bonds. The van der Waals surface area contributed by atoms with Crippen molar-refractivity contribution in [3.63, 3.8) is 0 Å². The van der Waals surface area contributed by atoms with E-state index < -0.39 is 6.17 Å². The van der Waals surface area contributed by atoms with Crippen LogP contribution >= 0.6 is 0 Å². The zero-order valence-electron chi connectivity index (χ0n) is 10.3. The number of hydrogen-bond donors (Lipinski definition) is 3. The maximum atomic E-state index is 11.4. The molecule has 4 heteroatoms. The molecule has 0 fully saturated rings. The topological polar surface area (TPSA) is 81.1 Å². The summed E-state index contributed by atoms with van der Waals surface area (Å²) in [5.74, 6) is -0.0881. The molecule has 0 radical (unpaired) electrons. The van der Waals surface area contributed by atoms with Crippen LogP contribution < -0.4 is 16.8 Å². The molecule has 0 heterocycles. The number of nitrogens with one attached hydrogen (secondary N) is 1. The van der Waals surface area contributed by atoms with E-state index in [1.165, 1.54) is 0 Å². The van der Waals surface area contributed by atoms with Crippen molar-refractivity contribution >= 4 is 22.4 Å². The quantitative estimate of drug-likeness (QED) is 0.569.